The van der Waals surface area contributed by atoms with E-state index in [9.17, 15) is 18.0 Å². The molecule has 1 heterocycles. The Morgan fingerprint density at radius 3 is 2.42 bits per heavy atom. The molecular weight excluding hydrogens is 351 g/mol. The van der Waals surface area contributed by atoms with Gasteiger partial charge >= 0.3 is 12.3 Å². The number of halogens is 3. The molecule has 0 spiro atoms. The Hall–Kier alpha value is -2.55. The highest BCUT2D eigenvalue weighted by Gasteiger charge is 2.31. The van der Waals surface area contributed by atoms with Crippen molar-refractivity contribution in [3.63, 3.8) is 0 Å². The van der Waals surface area contributed by atoms with Gasteiger partial charge in [-0.1, -0.05) is 12.1 Å². The van der Waals surface area contributed by atoms with Crippen LogP contribution in [0.25, 0.3) is 0 Å². The first-order chi connectivity index (χ1) is 11.8. The predicted octanol–water partition coefficient (Wildman–Crippen LogP) is 3.14. The molecule has 0 fully saturated rings. The monoisotopic (exact) mass is 373 g/mol. The smallest absolute Gasteiger partial charge is 0.477 e. The van der Waals surface area contributed by atoms with Crippen molar-refractivity contribution >= 4 is 11.7 Å². The molecule has 9 heteroatoms. The number of nitrogens with zero attached hydrogens (tertiary/aromatic N) is 2. The van der Waals surface area contributed by atoms with Crippen molar-refractivity contribution in [2.24, 2.45) is 10.7 Å². The van der Waals surface area contributed by atoms with Crippen molar-refractivity contribution in [1.82, 2.24) is 4.90 Å². The zero-order valence-corrected chi connectivity index (χ0v) is 14.7. The molecule has 1 aromatic rings. The van der Waals surface area contributed by atoms with Crippen LogP contribution in [0.2, 0.25) is 0 Å². The fourth-order valence-corrected chi connectivity index (χ4v) is 1.76. The van der Waals surface area contributed by atoms with Gasteiger partial charge in [0.1, 0.15) is 18.1 Å². The van der Waals surface area contributed by atoms with Crippen molar-refractivity contribution in [2.75, 3.05) is 6.67 Å². The first kappa shape index (κ1) is 21.5. The van der Waals surface area contributed by atoms with Gasteiger partial charge in [-0.05, 0) is 44.5 Å². The molecule has 0 bridgehead atoms. The zero-order chi connectivity index (χ0) is 20.0. The van der Waals surface area contributed by atoms with Crippen LogP contribution in [-0.2, 0) is 11.3 Å². The van der Waals surface area contributed by atoms with E-state index in [1.807, 2.05) is 20.8 Å². The highest BCUT2D eigenvalue weighted by atomic mass is 19.4. The van der Waals surface area contributed by atoms with Crippen LogP contribution in [0.5, 0.6) is 5.75 Å². The number of carboxylic acids is 1. The quantitative estimate of drug-likeness (QED) is 0.847. The van der Waals surface area contributed by atoms with Crippen LogP contribution >= 0.6 is 0 Å². The molecule has 1 aliphatic rings. The van der Waals surface area contributed by atoms with E-state index < -0.39 is 12.3 Å². The third kappa shape index (κ3) is 9.67. The first-order valence-electron chi connectivity index (χ1n) is 7.67. The van der Waals surface area contributed by atoms with Gasteiger partial charge in [-0.2, -0.15) is 0 Å². The number of carboxylic acid groups (broad SMARTS) is 1. The lowest BCUT2D eigenvalue weighted by atomic mass is 10.1. The highest BCUT2D eigenvalue weighted by Crippen LogP contribution is 2.24. The topological polar surface area (TPSA) is 88.2 Å². The number of ether oxygens (including phenoxy) is 1. The summed E-state index contributed by atoms with van der Waals surface area (Å²) in [6.45, 7) is 6.32. The van der Waals surface area contributed by atoms with Crippen LogP contribution in [0.3, 0.4) is 0 Å². The van der Waals surface area contributed by atoms with Gasteiger partial charge in [0.15, 0.2) is 0 Å². The summed E-state index contributed by atoms with van der Waals surface area (Å²) in [5, 5.41) is 8.74. The number of nitrogens with two attached hydrogens (primary N) is 1. The summed E-state index contributed by atoms with van der Waals surface area (Å²) >= 11 is 0. The highest BCUT2D eigenvalue weighted by molar-refractivity contribution is 6.40. The molecule has 2 rings (SSSR count). The minimum atomic E-state index is -4.73. The molecule has 1 aromatic carbocycles. The minimum absolute atomic E-state index is 0. The van der Waals surface area contributed by atoms with Crippen molar-refractivity contribution in [2.45, 2.75) is 39.2 Å². The molecule has 26 heavy (non-hydrogen) atoms. The van der Waals surface area contributed by atoms with Gasteiger partial charge in [0.05, 0.1) is 0 Å². The number of alkyl halides is 3. The number of rotatable bonds is 4. The van der Waals surface area contributed by atoms with Gasteiger partial charge in [0, 0.05) is 18.3 Å². The second kappa shape index (κ2) is 8.70. The molecular formula is C17H22F3N3O3. The van der Waals surface area contributed by atoms with Crippen LogP contribution in [0, 0.1) is 0 Å². The van der Waals surface area contributed by atoms with Crippen LogP contribution in [-0.4, -0.2) is 40.3 Å². The molecule has 0 atom stereocenters. The van der Waals surface area contributed by atoms with Gasteiger partial charge in [-0.25, -0.2) is 4.79 Å². The molecule has 0 saturated carbocycles. The summed E-state index contributed by atoms with van der Waals surface area (Å²) in [5.74, 6) is -1.41. The number of aliphatic imine (C=N–C) groups is 1. The summed E-state index contributed by atoms with van der Waals surface area (Å²) < 4.78 is 40.2. The zero-order valence-electron chi connectivity index (χ0n) is 14.7. The molecule has 3 N–H and O–H groups in total. The summed E-state index contributed by atoms with van der Waals surface area (Å²) in [5.41, 5.74) is 5.89. The molecule has 0 unspecified atom stereocenters. The average molecular weight is 373 g/mol. The fraction of sp³-hybridized carbons (Fsp3) is 0.412. The third-order valence-electron chi connectivity index (χ3n) is 2.60. The normalized spacial score (nSPS) is 14.3. The van der Waals surface area contributed by atoms with Crippen LogP contribution in [0.4, 0.5) is 13.2 Å². The average Bonchev–Trinajstić information content (AvgIpc) is 2.44. The number of hydrogen-bond acceptors (Lipinski definition) is 5. The molecule has 0 amide bonds. The second-order valence-electron chi connectivity index (χ2n) is 6.61. The van der Waals surface area contributed by atoms with E-state index in [4.69, 9.17) is 10.8 Å². The molecule has 144 valence electrons. The summed E-state index contributed by atoms with van der Waals surface area (Å²) in [6, 6.07) is 5.59. The van der Waals surface area contributed by atoms with Crippen molar-refractivity contribution in [3.05, 3.63) is 42.1 Å². The van der Waals surface area contributed by atoms with Gasteiger partial charge < -0.3 is 20.5 Å². The Labute approximate surface area is 149 Å². The van der Waals surface area contributed by atoms with Crippen LogP contribution in [0.15, 0.2) is 41.5 Å². The number of hydrogen-bond donors (Lipinski definition) is 2. The van der Waals surface area contributed by atoms with Crippen molar-refractivity contribution in [1.29, 1.82) is 0 Å². The lowest BCUT2D eigenvalue weighted by Gasteiger charge is -2.21. The molecule has 0 aromatic heterocycles. The largest absolute Gasteiger partial charge is 0.573 e. The molecule has 0 aliphatic carbocycles. The Balaban J connectivity index is 0.000000597. The van der Waals surface area contributed by atoms with Gasteiger partial charge in [0.2, 0.25) is 0 Å². The van der Waals surface area contributed by atoms with Gasteiger partial charge in [-0.3, -0.25) is 4.99 Å². The Bertz CT molecular complexity index is 674. The Morgan fingerprint density at radius 2 is 1.96 bits per heavy atom. The summed E-state index contributed by atoms with van der Waals surface area (Å²) in [6.07, 6.45) is -1.86. The van der Waals surface area contributed by atoms with Crippen molar-refractivity contribution in [3.8, 4) is 5.75 Å². The summed E-state index contributed by atoms with van der Waals surface area (Å²) in [4.78, 5) is 16.2. The number of benzene rings is 1. The first-order valence-corrected chi connectivity index (χ1v) is 7.67. The number of carbonyl (C=O) groups is 1. The van der Waals surface area contributed by atoms with E-state index in [2.05, 4.69) is 9.73 Å². The maximum atomic E-state index is 12.1. The van der Waals surface area contributed by atoms with Gasteiger partial charge in [0.25, 0.3) is 0 Å². The van der Waals surface area contributed by atoms with E-state index >= 15 is 0 Å². The standard InChI is InChI=1S/C13H11F3N2O3.C4H11N/c14-13(15,16)21-10-3-1-2-9(6-10)7-18-5-4-11(12(19)20)17-8-18;1-4(2,3)5/h1-6H,7-8H2,(H,19,20);5H2,1-3H3. The minimum Gasteiger partial charge on any atom is -0.477 e. The second-order valence-corrected chi connectivity index (χ2v) is 6.61. The Kier molecular flexibility index (Phi) is 7.19. The maximum absolute atomic E-state index is 12.1. The van der Waals surface area contributed by atoms with Gasteiger partial charge in [-0.15, -0.1) is 13.2 Å². The molecule has 0 saturated heterocycles. The van der Waals surface area contributed by atoms with E-state index in [0.717, 1.165) is 0 Å². The van der Waals surface area contributed by atoms with Crippen LogP contribution < -0.4 is 10.5 Å². The maximum Gasteiger partial charge on any atom is 0.573 e. The van der Waals surface area contributed by atoms with E-state index in [-0.39, 0.29) is 23.7 Å². The third-order valence-corrected chi connectivity index (χ3v) is 2.60. The molecule has 0 radical (unpaired) electrons. The van der Waals surface area contributed by atoms with Crippen LogP contribution in [0.1, 0.15) is 26.3 Å². The van der Waals surface area contributed by atoms with E-state index in [1.54, 1.807) is 11.0 Å². The molecule has 1 aliphatic heterocycles. The lowest BCUT2D eigenvalue weighted by molar-refractivity contribution is -0.274. The van der Waals surface area contributed by atoms with E-state index in [1.165, 1.54) is 30.5 Å². The fourth-order valence-electron chi connectivity index (χ4n) is 1.76. The molecule has 6 nitrogen and oxygen atoms in total. The van der Waals surface area contributed by atoms with E-state index in [0.29, 0.717) is 12.1 Å². The SMILES string of the molecule is CC(C)(C)N.O=C(O)C1=NCN(Cc2cccc(OC(F)(F)F)c2)C=C1. The summed E-state index contributed by atoms with van der Waals surface area (Å²) in [7, 11) is 0. The lowest BCUT2D eigenvalue weighted by Crippen LogP contribution is -2.26. The van der Waals surface area contributed by atoms with Crippen molar-refractivity contribution < 1.29 is 27.8 Å². The predicted molar refractivity (Wildman–Crippen MR) is 91.7 cm³/mol. The number of aliphatic carboxylic acids is 1. The Morgan fingerprint density at radius 1 is 1.35 bits per heavy atom.